The molecule has 1 N–H and O–H groups in total. The van der Waals surface area contributed by atoms with Crippen LogP contribution in [0.3, 0.4) is 0 Å². The predicted octanol–water partition coefficient (Wildman–Crippen LogP) is 3.48. The number of benzene rings is 1. The number of aldehydes is 1. The Morgan fingerprint density at radius 3 is 2.67 bits per heavy atom. The van der Waals surface area contributed by atoms with E-state index in [2.05, 4.69) is 18.8 Å². The number of carboxylic acid groups (broad SMARTS) is 1. The van der Waals surface area contributed by atoms with Crippen molar-refractivity contribution in [1.29, 1.82) is 0 Å². The molecule has 6 heteroatoms. The van der Waals surface area contributed by atoms with Crippen LogP contribution in [0.25, 0.3) is 0 Å². The molecule has 1 aromatic carbocycles. The van der Waals surface area contributed by atoms with Crippen LogP contribution in [0.15, 0.2) is 39.5 Å². The minimum absolute atomic E-state index is 0.0916. The van der Waals surface area contributed by atoms with E-state index in [-0.39, 0.29) is 5.41 Å². The fraction of sp³-hybridized carbons (Fsp3) is 0.389. The molecule has 0 amide bonds. The molecule has 3 rings (SSSR count). The summed E-state index contributed by atoms with van der Waals surface area (Å²) in [5.41, 5.74) is 1.74. The van der Waals surface area contributed by atoms with Crippen LogP contribution in [0.1, 0.15) is 37.0 Å². The van der Waals surface area contributed by atoms with Crippen LogP contribution in [0, 0.1) is 5.41 Å². The fourth-order valence-electron chi connectivity index (χ4n) is 3.04. The molecule has 0 radical (unpaired) electrons. The summed E-state index contributed by atoms with van der Waals surface area (Å²) in [6.07, 6.45) is 2.68. The molecule has 0 fully saturated rings. The third kappa shape index (κ3) is 3.79. The van der Waals surface area contributed by atoms with Gasteiger partial charge in [-0.05, 0) is 28.9 Å². The molecule has 2 atom stereocenters. The third-order valence-electron chi connectivity index (χ3n) is 4.16. The summed E-state index contributed by atoms with van der Waals surface area (Å²) >= 11 is 1.64. The second-order valence-corrected chi connectivity index (χ2v) is 9.39. The Balaban J connectivity index is 1.93. The zero-order chi connectivity index (χ0) is 17.3. The number of carbonyl (C=O) groups is 2. The van der Waals surface area contributed by atoms with E-state index in [1.807, 2.05) is 24.3 Å². The molecule has 0 bridgehead atoms. The zero-order valence-electron chi connectivity index (χ0n) is 13.7. The monoisotopic (exact) mass is 361 g/mol. The van der Waals surface area contributed by atoms with Gasteiger partial charge in [-0.15, -0.1) is 11.8 Å². The van der Waals surface area contributed by atoms with Gasteiger partial charge in [0.1, 0.15) is 6.29 Å². The first-order valence-electron chi connectivity index (χ1n) is 7.86. The number of rotatable bonds is 4. The highest BCUT2D eigenvalue weighted by atomic mass is 32.2. The van der Waals surface area contributed by atoms with Gasteiger partial charge in [-0.1, -0.05) is 46.7 Å². The molecular weight excluding hydrogens is 341 g/mol. The van der Waals surface area contributed by atoms with Crippen LogP contribution in [-0.2, 0) is 4.79 Å². The summed E-state index contributed by atoms with van der Waals surface area (Å²) in [4.78, 5) is 27.8. The Labute approximate surface area is 147 Å². The maximum atomic E-state index is 11.3. The van der Waals surface area contributed by atoms with Crippen molar-refractivity contribution in [3.63, 3.8) is 0 Å². The summed E-state index contributed by atoms with van der Waals surface area (Å²) in [5.74, 6) is -0.335. The maximum absolute atomic E-state index is 11.3. The van der Waals surface area contributed by atoms with Crippen LogP contribution in [0.2, 0.25) is 0 Å². The fourth-order valence-corrected chi connectivity index (χ4v) is 5.99. The van der Waals surface area contributed by atoms with Gasteiger partial charge in [0.05, 0.1) is 5.71 Å². The second-order valence-electron chi connectivity index (χ2n) is 6.93. The molecule has 4 nitrogen and oxygen atoms in total. The minimum Gasteiger partial charge on any atom is -0.480 e. The number of aliphatic carboxylic acids is 1. The minimum atomic E-state index is -0.842. The van der Waals surface area contributed by atoms with E-state index in [0.29, 0.717) is 19.9 Å². The first kappa shape index (κ1) is 17.4. The van der Waals surface area contributed by atoms with Gasteiger partial charge in [-0.25, -0.2) is 4.79 Å². The van der Waals surface area contributed by atoms with Gasteiger partial charge in [0, 0.05) is 16.2 Å². The number of hydrogen-bond donors (Lipinski definition) is 1. The van der Waals surface area contributed by atoms with Crippen LogP contribution >= 0.6 is 20.3 Å². The van der Waals surface area contributed by atoms with Crippen molar-refractivity contribution in [1.82, 2.24) is 0 Å². The average molecular weight is 361 g/mol. The normalized spacial score (nSPS) is 23.1. The smallest absolute Gasteiger partial charge is 0.329 e. The number of aliphatic imine (C=N–C) groups is 1. The predicted molar refractivity (Wildman–Crippen MR) is 101 cm³/mol. The molecular formula is C18H20NO3PS. The number of hydrogen-bond acceptors (Lipinski definition) is 4. The lowest BCUT2D eigenvalue weighted by atomic mass is 9.79. The summed E-state index contributed by atoms with van der Waals surface area (Å²) in [6, 6.07) is 7.07. The highest BCUT2D eigenvalue weighted by Crippen LogP contribution is 2.48. The molecule has 1 aromatic rings. The Hall–Kier alpha value is -1.45. The number of fused-ring (bicyclic) bond motifs is 1. The topological polar surface area (TPSA) is 66.7 Å². The third-order valence-corrected chi connectivity index (χ3v) is 6.95. The van der Waals surface area contributed by atoms with Gasteiger partial charge < -0.3 is 5.11 Å². The first-order chi connectivity index (χ1) is 11.4. The molecule has 0 spiro atoms. The standard InChI is InChI=1S/C18H20NO3PS/c1-18(2)7-13-16(24-10-14(19-13)17(21)22)15(8-18)23-12-5-3-11(9-20)4-6-12/h3-6,9,14,23H,7-8,10H2,1-2H3,(H,21,22). The van der Waals surface area contributed by atoms with Crippen LogP contribution in [0.5, 0.6) is 0 Å². The highest BCUT2D eigenvalue weighted by molar-refractivity contribution is 8.04. The molecule has 0 saturated carbocycles. The van der Waals surface area contributed by atoms with Crippen molar-refractivity contribution >= 4 is 43.6 Å². The van der Waals surface area contributed by atoms with E-state index >= 15 is 0 Å². The van der Waals surface area contributed by atoms with E-state index in [4.69, 9.17) is 0 Å². The summed E-state index contributed by atoms with van der Waals surface area (Å²) in [5, 5.41) is 11.8. The van der Waals surface area contributed by atoms with Gasteiger partial charge in [-0.2, -0.15) is 0 Å². The van der Waals surface area contributed by atoms with Crippen molar-refractivity contribution in [3.05, 3.63) is 40.0 Å². The number of thioether (sulfide) groups is 1. The Kier molecular flexibility index (Phi) is 4.93. The molecule has 1 aliphatic carbocycles. The quantitative estimate of drug-likeness (QED) is 0.659. The molecule has 126 valence electrons. The number of carboxylic acids is 1. The lowest BCUT2D eigenvalue weighted by molar-refractivity contribution is -0.137. The van der Waals surface area contributed by atoms with Gasteiger partial charge >= 0.3 is 5.97 Å². The van der Waals surface area contributed by atoms with E-state index in [1.54, 1.807) is 11.8 Å². The molecule has 0 aromatic heterocycles. The highest BCUT2D eigenvalue weighted by Gasteiger charge is 2.35. The summed E-state index contributed by atoms with van der Waals surface area (Å²) in [7, 11) is 0.529. The van der Waals surface area contributed by atoms with Gasteiger partial charge in [-0.3, -0.25) is 9.79 Å². The van der Waals surface area contributed by atoms with Crippen molar-refractivity contribution in [2.24, 2.45) is 10.4 Å². The van der Waals surface area contributed by atoms with E-state index in [9.17, 15) is 14.7 Å². The van der Waals surface area contributed by atoms with Crippen molar-refractivity contribution in [3.8, 4) is 0 Å². The summed E-state index contributed by atoms with van der Waals surface area (Å²) in [6.45, 7) is 4.42. The average Bonchev–Trinajstić information content (AvgIpc) is 2.54. The number of nitrogens with zero attached hydrogens (tertiary/aromatic N) is 1. The zero-order valence-corrected chi connectivity index (χ0v) is 15.5. The molecule has 0 saturated heterocycles. The second kappa shape index (κ2) is 6.81. The van der Waals surface area contributed by atoms with Gasteiger partial charge in [0.15, 0.2) is 6.04 Å². The van der Waals surface area contributed by atoms with Gasteiger partial charge in [0.25, 0.3) is 0 Å². The van der Waals surface area contributed by atoms with Crippen LogP contribution in [0.4, 0.5) is 0 Å². The first-order valence-corrected chi connectivity index (χ1v) is 9.84. The Morgan fingerprint density at radius 1 is 1.33 bits per heavy atom. The lowest BCUT2D eigenvalue weighted by Gasteiger charge is -2.36. The number of allylic oxidation sites excluding steroid dienone is 2. The Bertz CT molecular complexity index is 737. The molecule has 1 heterocycles. The molecule has 2 unspecified atom stereocenters. The maximum Gasteiger partial charge on any atom is 0.329 e. The van der Waals surface area contributed by atoms with E-state index < -0.39 is 12.0 Å². The summed E-state index contributed by atoms with van der Waals surface area (Å²) < 4.78 is 0. The largest absolute Gasteiger partial charge is 0.480 e. The van der Waals surface area contributed by atoms with Crippen molar-refractivity contribution < 1.29 is 14.7 Å². The van der Waals surface area contributed by atoms with Crippen LogP contribution in [-0.4, -0.2) is 34.9 Å². The van der Waals surface area contributed by atoms with Crippen molar-refractivity contribution in [2.45, 2.75) is 32.7 Å². The molecule has 2 aliphatic rings. The van der Waals surface area contributed by atoms with E-state index in [1.165, 1.54) is 15.5 Å². The SMILES string of the molecule is CC1(C)CC2=NC(C(=O)O)CSC2=C(Pc2ccc(C=O)cc2)C1. The van der Waals surface area contributed by atoms with Gasteiger partial charge in [0.2, 0.25) is 0 Å². The molecule has 1 aliphatic heterocycles. The Morgan fingerprint density at radius 2 is 2.04 bits per heavy atom. The number of carbonyl (C=O) groups excluding carboxylic acids is 1. The molecule has 24 heavy (non-hydrogen) atoms. The van der Waals surface area contributed by atoms with Crippen molar-refractivity contribution in [2.75, 3.05) is 5.75 Å². The lowest BCUT2D eigenvalue weighted by Crippen LogP contribution is -2.32. The van der Waals surface area contributed by atoms with E-state index in [0.717, 1.165) is 24.8 Å². The van der Waals surface area contributed by atoms with Crippen LogP contribution < -0.4 is 5.30 Å².